The number of rotatable bonds is 4. The third-order valence-corrected chi connectivity index (χ3v) is 3.45. The lowest BCUT2D eigenvalue weighted by Gasteiger charge is -2.34. The molecule has 2 amide bonds. The number of nitrogens with zero attached hydrogens (tertiary/aromatic N) is 2. The highest BCUT2D eigenvalue weighted by Gasteiger charge is 2.39. The molecule has 0 bridgehead atoms. The van der Waals surface area contributed by atoms with E-state index in [9.17, 15) is 22.8 Å². The molecule has 0 saturated heterocycles. The van der Waals surface area contributed by atoms with Crippen LogP contribution in [0.3, 0.4) is 0 Å². The fraction of sp³-hybridized carbons (Fsp3) is 0.467. The van der Waals surface area contributed by atoms with Crippen molar-refractivity contribution in [3.8, 4) is 5.75 Å². The summed E-state index contributed by atoms with van der Waals surface area (Å²) in [4.78, 5) is 26.7. The van der Waals surface area contributed by atoms with Crippen LogP contribution >= 0.6 is 0 Å². The first-order valence-corrected chi connectivity index (χ1v) is 7.24. The SMILES string of the molecule is CC1Oc2cc(NC(=O)C(F)(F)F)ccc2N(CCN(C)C)C1=O. The number of ether oxygens (including phenoxy) is 1. The molecular weight excluding hydrogens is 327 g/mol. The lowest BCUT2D eigenvalue weighted by atomic mass is 10.1. The van der Waals surface area contributed by atoms with Gasteiger partial charge >= 0.3 is 12.1 Å². The van der Waals surface area contributed by atoms with E-state index in [1.54, 1.807) is 12.2 Å². The highest BCUT2D eigenvalue weighted by molar-refractivity contribution is 6.01. The predicted molar refractivity (Wildman–Crippen MR) is 82.1 cm³/mol. The van der Waals surface area contributed by atoms with E-state index in [1.807, 2.05) is 19.0 Å². The number of halogens is 3. The van der Waals surface area contributed by atoms with Crippen LogP contribution in [0.25, 0.3) is 0 Å². The van der Waals surface area contributed by atoms with Crippen LogP contribution in [-0.2, 0) is 9.59 Å². The Morgan fingerprint density at radius 2 is 2.04 bits per heavy atom. The van der Waals surface area contributed by atoms with Gasteiger partial charge in [-0.25, -0.2) is 0 Å². The van der Waals surface area contributed by atoms with Crippen molar-refractivity contribution in [1.82, 2.24) is 4.90 Å². The summed E-state index contributed by atoms with van der Waals surface area (Å²) in [7, 11) is 3.73. The van der Waals surface area contributed by atoms with Gasteiger partial charge in [-0.15, -0.1) is 0 Å². The van der Waals surface area contributed by atoms with Crippen molar-refractivity contribution < 1.29 is 27.5 Å². The number of carbonyl (C=O) groups excluding carboxylic acids is 2. The van der Waals surface area contributed by atoms with Gasteiger partial charge in [0, 0.05) is 24.8 Å². The summed E-state index contributed by atoms with van der Waals surface area (Å²) < 4.78 is 42.4. The van der Waals surface area contributed by atoms with Crippen molar-refractivity contribution >= 4 is 23.2 Å². The quantitative estimate of drug-likeness (QED) is 0.905. The molecule has 2 rings (SSSR count). The average molecular weight is 345 g/mol. The van der Waals surface area contributed by atoms with E-state index >= 15 is 0 Å². The number of carbonyl (C=O) groups is 2. The fourth-order valence-electron chi connectivity index (χ4n) is 2.22. The first-order chi connectivity index (χ1) is 11.1. The monoisotopic (exact) mass is 345 g/mol. The molecule has 0 fully saturated rings. The fourth-order valence-corrected chi connectivity index (χ4v) is 2.22. The van der Waals surface area contributed by atoms with Crippen LogP contribution in [-0.4, -0.2) is 56.2 Å². The lowest BCUT2D eigenvalue weighted by molar-refractivity contribution is -0.167. The summed E-state index contributed by atoms with van der Waals surface area (Å²) >= 11 is 0. The van der Waals surface area contributed by atoms with Crippen LogP contribution < -0.4 is 15.0 Å². The summed E-state index contributed by atoms with van der Waals surface area (Å²) in [6.07, 6.45) is -5.73. The Balaban J connectivity index is 2.26. The molecule has 1 unspecified atom stereocenters. The van der Waals surface area contributed by atoms with E-state index in [1.165, 1.54) is 23.1 Å². The third kappa shape index (κ3) is 3.97. The summed E-state index contributed by atoms with van der Waals surface area (Å²) in [6.45, 7) is 2.60. The molecule has 1 aromatic carbocycles. The zero-order valence-electron chi connectivity index (χ0n) is 13.5. The van der Waals surface area contributed by atoms with Gasteiger partial charge in [0.1, 0.15) is 5.75 Å². The molecule has 9 heteroatoms. The van der Waals surface area contributed by atoms with Crippen LogP contribution in [0, 0.1) is 0 Å². The lowest BCUT2D eigenvalue weighted by Crippen LogP contribution is -2.46. The van der Waals surface area contributed by atoms with Gasteiger partial charge < -0.3 is 19.9 Å². The third-order valence-electron chi connectivity index (χ3n) is 3.45. The largest absolute Gasteiger partial charge is 0.479 e. The highest BCUT2D eigenvalue weighted by atomic mass is 19.4. The summed E-state index contributed by atoms with van der Waals surface area (Å²) in [6, 6.07) is 4.04. The minimum absolute atomic E-state index is 0.0508. The number of alkyl halides is 3. The van der Waals surface area contributed by atoms with Crippen molar-refractivity contribution in [3.63, 3.8) is 0 Å². The van der Waals surface area contributed by atoms with Crippen LogP contribution in [0.2, 0.25) is 0 Å². The Labute approximate surface area is 137 Å². The number of nitrogens with one attached hydrogen (secondary N) is 1. The smallest absolute Gasteiger partial charge is 0.471 e. The Kier molecular flexibility index (Phi) is 5.02. The number of fused-ring (bicyclic) bond motifs is 1. The van der Waals surface area contributed by atoms with E-state index in [-0.39, 0.29) is 17.3 Å². The Morgan fingerprint density at radius 1 is 1.38 bits per heavy atom. The van der Waals surface area contributed by atoms with Crippen LogP contribution in [0.1, 0.15) is 6.92 Å². The second-order valence-electron chi connectivity index (χ2n) is 5.69. The van der Waals surface area contributed by atoms with E-state index in [0.29, 0.717) is 18.8 Å². The van der Waals surface area contributed by atoms with E-state index < -0.39 is 18.2 Å². The van der Waals surface area contributed by atoms with Crippen LogP contribution in [0.4, 0.5) is 24.5 Å². The number of likely N-dealkylation sites (N-methyl/N-ethyl adjacent to an activating group) is 1. The van der Waals surface area contributed by atoms with Gasteiger partial charge in [-0.05, 0) is 33.2 Å². The molecule has 1 aliphatic rings. The first kappa shape index (κ1) is 18.1. The van der Waals surface area contributed by atoms with Crippen molar-refractivity contribution in [2.45, 2.75) is 19.2 Å². The number of benzene rings is 1. The topological polar surface area (TPSA) is 61.9 Å². The molecule has 1 aromatic rings. The van der Waals surface area contributed by atoms with Crippen molar-refractivity contribution in [2.24, 2.45) is 0 Å². The minimum Gasteiger partial charge on any atom is -0.479 e. The Hall–Kier alpha value is -2.29. The van der Waals surface area contributed by atoms with Gasteiger partial charge in [0.25, 0.3) is 5.91 Å². The van der Waals surface area contributed by atoms with E-state index in [0.717, 1.165) is 0 Å². The summed E-state index contributed by atoms with van der Waals surface area (Å²) in [5.74, 6) is -2.04. The number of hydrogen-bond donors (Lipinski definition) is 1. The maximum Gasteiger partial charge on any atom is 0.471 e. The first-order valence-electron chi connectivity index (χ1n) is 7.24. The van der Waals surface area contributed by atoms with Crippen LogP contribution in [0.5, 0.6) is 5.75 Å². The molecule has 1 heterocycles. The number of anilines is 2. The second kappa shape index (κ2) is 6.68. The van der Waals surface area contributed by atoms with Gasteiger partial charge in [0.2, 0.25) is 0 Å². The van der Waals surface area contributed by atoms with Gasteiger partial charge in [-0.2, -0.15) is 13.2 Å². The number of amides is 2. The van der Waals surface area contributed by atoms with Crippen molar-refractivity contribution in [2.75, 3.05) is 37.4 Å². The Morgan fingerprint density at radius 3 is 2.62 bits per heavy atom. The molecule has 1 aliphatic heterocycles. The zero-order valence-corrected chi connectivity index (χ0v) is 13.5. The average Bonchev–Trinajstić information content (AvgIpc) is 2.46. The predicted octanol–water partition coefficient (Wildman–Crippen LogP) is 1.86. The van der Waals surface area contributed by atoms with Gasteiger partial charge in [0.05, 0.1) is 5.69 Å². The van der Waals surface area contributed by atoms with Gasteiger partial charge in [-0.1, -0.05) is 0 Å². The Bertz CT molecular complexity index is 647. The van der Waals surface area contributed by atoms with Crippen molar-refractivity contribution in [3.05, 3.63) is 18.2 Å². The maximum absolute atomic E-state index is 12.3. The molecule has 24 heavy (non-hydrogen) atoms. The molecule has 0 saturated carbocycles. The van der Waals surface area contributed by atoms with Crippen molar-refractivity contribution in [1.29, 1.82) is 0 Å². The van der Waals surface area contributed by atoms with Gasteiger partial charge in [-0.3, -0.25) is 9.59 Å². The molecule has 0 radical (unpaired) electrons. The zero-order chi connectivity index (χ0) is 18.1. The molecule has 1 atom stereocenters. The van der Waals surface area contributed by atoms with E-state index in [4.69, 9.17) is 4.74 Å². The van der Waals surface area contributed by atoms with Crippen LogP contribution in [0.15, 0.2) is 18.2 Å². The van der Waals surface area contributed by atoms with E-state index in [2.05, 4.69) is 0 Å². The molecule has 6 nitrogen and oxygen atoms in total. The summed E-state index contributed by atoms with van der Waals surface area (Å²) in [5, 5.41) is 1.77. The summed E-state index contributed by atoms with van der Waals surface area (Å²) in [5.41, 5.74) is 0.412. The number of hydrogen-bond acceptors (Lipinski definition) is 4. The second-order valence-corrected chi connectivity index (χ2v) is 5.69. The maximum atomic E-state index is 12.3. The minimum atomic E-state index is -4.97. The molecule has 0 aliphatic carbocycles. The normalized spacial score (nSPS) is 17.5. The van der Waals surface area contributed by atoms with Gasteiger partial charge in [0.15, 0.2) is 6.10 Å². The molecule has 1 N–H and O–H groups in total. The molecular formula is C15H18F3N3O3. The highest BCUT2D eigenvalue weighted by Crippen LogP contribution is 2.36. The molecule has 0 aromatic heterocycles. The molecule has 132 valence electrons. The standard InChI is InChI=1S/C15H18F3N3O3/c1-9-13(22)21(7-6-20(2)3)11-5-4-10(8-12(11)24-9)19-14(23)15(16,17)18/h4-5,8-9H,6-7H2,1-3H3,(H,19,23). The molecule has 0 spiro atoms.